The largest absolute Gasteiger partial charge is 0.444 e. The van der Waals surface area contributed by atoms with Crippen LogP contribution in [0.3, 0.4) is 0 Å². The number of ether oxygens (including phenoxy) is 2. The molecule has 4 amide bonds. The maximum atomic E-state index is 15.4. The van der Waals surface area contributed by atoms with Crippen LogP contribution >= 0.6 is 0 Å². The number of imide groups is 1. The second-order valence-corrected chi connectivity index (χ2v) is 25.6. The molecule has 17 heteroatoms. The van der Waals surface area contributed by atoms with E-state index in [1.165, 1.54) is 0 Å². The molecule has 0 radical (unpaired) electrons. The predicted octanol–water partition coefficient (Wildman–Crippen LogP) is 9.52. The lowest BCUT2D eigenvalue weighted by atomic mass is 9.73. The molecule has 17 nitrogen and oxygen atoms in total. The number of nitrogens with zero attached hydrogens (tertiary/aromatic N) is 4. The zero-order valence-corrected chi connectivity index (χ0v) is 48.2. The number of carbonyl (C=O) groups is 4. The number of nitrogens with one attached hydrogen (secondary N) is 5. The zero-order valence-electron chi connectivity index (χ0n) is 48.2. The number of hydrogen-bond donors (Lipinski definition) is 7. The van der Waals surface area contributed by atoms with Crippen molar-refractivity contribution in [2.45, 2.75) is 180 Å². The molecule has 0 bridgehead atoms. The van der Waals surface area contributed by atoms with Gasteiger partial charge in [-0.15, -0.1) is 0 Å². The zero-order chi connectivity index (χ0) is 57.9. The molecular weight excluding hydrogens is 1020 g/mol. The molecular formula is C64H73N11O6. The van der Waals surface area contributed by atoms with Crippen LogP contribution in [-0.4, -0.2) is 87.3 Å². The Labute approximate surface area is 473 Å². The number of alkyl carbamates (subject to hydrolysis) is 2. The van der Waals surface area contributed by atoms with E-state index in [0.29, 0.717) is 119 Å². The minimum absolute atomic E-state index is 0.260. The Morgan fingerprint density at radius 2 is 0.938 bits per heavy atom. The highest BCUT2D eigenvalue weighted by molar-refractivity contribution is 6.13. The number of hydrogen-bond acceptors (Lipinski definition) is 12. The van der Waals surface area contributed by atoms with Crippen LogP contribution in [0.5, 0.6) is 0 Å². The number of carbonyl (C=O) groups excluding carboxylic acids is 4. The van der Waals surface area contributed by atoms with Crippen LogP contribution in [0.2, 0.25) is 0 Å². The predicted molar refractivity (Wildman–Crippen MR) is 311 cm³/mol. The molecule has 10 rings (SSSR count). The van der Waals surface area contributed by atoms with Gasteiger partial charge in [-0.3, -0.25) is 14.9 Å². The van der Waals surface area contributed by atoms with Crippen molar-refractivity contribution < 1.29 is 28.7 Å². The first-order chi connectivity index (χ1) is 38.1. The van der Waals surface area contributed by atoms with Crippen molar-refractivity contribution in [3.05, 3.63) is 117 Å². The Balaban J connectivity index is 1.03. The summed E-state index contributed by atoms with van der Waals surface area (Å²) in [6, 6.07) is 15.3. The lowest BCUT2D eigenvalue weighted by molar-refractivity contribution is 0.0369. The molecule has 0 saturated heterocycles. The average molecular weight is 1090 g/mol. The SMILES string of the molecule is CC(C)(N)C#Cc1ccc(-c2ncc3c(n2)-c2[nH]c(CC4(NC(=O)OC(C)(C)C)CCC4)c(C(=O)NC(=O)c4c(CC5(NC(=O)OC(C)(C)C)CCC5)[nH]c5c4CCc4cnc(-c6ccc(C#CC(C)(C)N)cc6)nc4-5)c2CC3)cc1. The summed E-state index contributed by atoms with van der Waals surface area (Å²) in [5, 5.41) is 9.21. The van der Waals surface area contributed by atoms with E-state index in [-0.39, 0.29) is 12.8 Å². The summed E-state index contributed by atoms with van der Waals surface area (Å²) in [4.78, 5) is 84.9. The van der Waals surface area contributed by atoms with Gasteiger partial charge in [0.05, 0.1) is 45.0 Å². The smallest absolute Gasteiger partial charge is 0.408 e. The van der Waals surface area contributed by atoms with E-state index in [9.17, 15) is 9.59 Å². The lowest BCUT2D eigenvalue weighted by Crippen LogP contribution is -2.56. The van der Waals surface area contributed by atoms with Crippen LogP contribution in [-0.2, 0) is 48.0 Å². The standard InChI is InChI=1S/C64H73N11O6/c1-59(2,3)80-57(78)74-63(27-11-28-63)33-45-47(43-23-21-41-35-67-53(71-49(41)51(43)69-45)39-17-13-37(14-18-39)25-31-61(7,8)65)55(76)73-56(77)48-44-24-22-42-36-68-54(40-19-15-38(16-20-40)26-32-62(9,10)66)72-50(42)52(44)70-46(48)34-64(29-12-30-64)75-58(79)81-60(4,5)6/h13-20,35-36,69-70H,11-12,21-24,27-30,33-34,65-66H2,1-10H3,(H,74,78)(H,75,79)(H,73,76,77). The third-order valence-electron chi connectivity index (χ3n) is 15.1. The van der Waals surface area contributed by atoms with E-state index in [0.717, 1.165) is 46.2 Å². The van der Waals surface area contributed by atoms with E-state index in [2.05, 4.69) is 49.6 Å². The summed E-state index contributed by atoms with van der Waals surface area (Å²) < 4.78 is 11.5. The van der Waals surface area contributed by atoms with Crippen molar-refractivity contribution in [1.29, 1.82) is 0 Å². The summed E-state index contributed by atoms with van der Waals surface area (Å²) in [6.07, 6.45) is 9.42. The summed E-state index contributed by atoms with van der Waals surface area (Å²) >= 11 is 0. The van der Waals surface area contributed by atoms with Gasteiger partial charge in [-0.1, -0.05) is 23.7 Å². The number of H-pyrrole nitrogens is 2. The number of rotatable bonds is 10. The molecule has 6 aromatic rings. The van der Waals surface area contributed by atoms with E-state index in [1.807, 2.05) is 130 Å². The van der Waals surface area contributed by atoms with Crippen LogP contribution in [0, 0.1) is 23.7 Å². The topological polar surface area (TPSA) is 258 Å². The highest BCUT2D eigenvalue weighted by Gasteiger charge is 2.45. The van der Waals surface area contributed by atoms with Crippen LogP contribution in [0.4, 0.5) is 9.59 Å². The molecule has 9 N–H and O–H groups in total. The van der Waals surface area contributed by atoms with Crippen molar-refractivity contribution in [1.82, 2.24) is 45.9 Å². The first-order valence-electron chi connectivity index (χ1n) is 28.0. The van der Waals surface area contributed by atoms with Gasteiger partial charge in [0.2, 0.25) is 0 Å². The molecule has 81 heavy (non-hydrogen) atoms. The highest BCUT2D eigenvalue weighted by atomic mass is 16.6. The Morgan fingerprint density at radius 1 is 0.568 bits per heavy atom. The maximum Gasteiger partial charge on any atom is 0.408 e. The van der Waals surface area contributed by atoms with Crippen LogP contribution in [0.25, 0.3) is 45.6 Å². The Morgan fingerprint density at radius 3 is 1.26 bits per heavy atom. The Bertz CT molecular complexity index is 3370. The second kappa shape index (κ2) is 21.1. The summed E-state index contributed by atoms with van der Waals surface area (Å²) in [6.45, 7) is 18.3. The molecule has 2 fully saturated rings. The van der Waals surface area contributed by atoms with Crippen molar-refractivity contribution in [3.8, 4) is 69.2 Å². The molecule has 2 saturated carbocycles. The molecule has 4 aliphatic carbocycles. The Hall–Kier alpha value is -8.12. The molecule has 0 spiro atoms. The number of nitrogens with two attached hydrogens (primary N) is 2. The molecule has 420 valence electrons. The number of fused-ring (bicyclic) bond motifs is 6. The van der Waals surface area contributed by atoms with E-state index >= 15 is 9.59 Å². The normalized spacial score (nSPS) is 15.7. The minimum atomic E-state index is -0.731. The van der Waals surface area contributed by atoms with Crippen molar-refractivity contribution >= 4 is 24.0 Å². The van der Waals surface area contributed by atoms with Gasteiger partial charge in [-0.05, 0) is 204 Å². The molecule has 4 heterocycles. The molecule has 0 aliphatic heterocycles. The van der Waals surface area contributed by atoms with Gasteiger partial charge >= 0.3 is 12.2 Å². The van der Waals surface area contributed by atoms with Crippen LogP contribution < -0.4 is 27.4 Å². The van der Waals surface area contributed by atoms with Gasteiger partial charge in [-0.2, -0.15) is 0 Å². The fourth-order valence-corrected chi connectivity index (χ4v) is 11.0. The number of aryl methyl sites for hydroxylation is 2. The highest BCUT2D eigenvalue weighted by Crippen LogP contribution is 2.43. The minimum Gasteiger partial charge on any atom is -0.444 e. The quantitative estimate of drug-likeness (QED) is 0.0500. The number of aromatic amines is 2. The summed E-state index contributed by atoms with van der Waals surface area (Å²) in [5.74, 6) is 12.2. The molecule has 0 atom stereocenters. The number of aromatic nitrogens is 6. The number of benzene rings is 2. The molecule has 2 aromatic carbocycles. The average Bonchev–Trinajstić information content (AvgIpc) is 4.13. The van der Waals surface area contributed by atoms with Crippen molar-refractivity contribution in [2.75, 3.05) is 0 Å². The van der Waals surface area contributed by atoms with E-state index in [4.69, 9.17) is 40.9 Å². The summed E-state index contributed by atoms with van der Waals surface area (Å²) in [7, 11) is 0. The van der Waals surface area contributed by atoms with Gasteiger partial charge in [0.1, 0.15) is 11.2 Å². The van der Waals surface area contributed by atoms with Gasteiger partial charge in [0.15, 0.2) is 11.6 Å². The maximum absolute atomic E-state index is 15.4. The molecule has 4 aromatic heterocycles. The fraction of sp³-hybridized carbons (Fsp3) is 0.438. The first-order valence-corrected chi connectivity index (χ1v) is 28.0. The lowest BCUT2D eigenvalue weighted by Gasteiger charge is -2.42. The third kappa shape index (κ3) is 12.8. The van der Waals surface area contributed by atoms with Crippen molar-refractivity contribution in [3.63, 3.8) is 0 Å². The molecule has 0 unspecified atom stereocenters. The second-order valence-electron chi connectivity index (χ2n) is 25.6. The van der Waals surface area contributed by atoms with Crippen LogP contribution in [0.15, 0.2) is 60.9 Å². The monoisotopic (exact) mass is 1090 g/mol. The summed E-state index contributed by atoms with van der Waals surface area (Å²) in [5.41, 5.74) is 18.8. The van der Waals surface area contributed by atoms with Gasteiger partial charge in [0.25, 0.3) is 11.8 Å². The van der Waals surface area contributed by atoms with Gasteiger partial charge in [0, 0.05) is 70.0 Å². The molecule has 4 aliphatic rings. The fourth-order valence-electron chi connectivity index (χ4n) is 11.0. The van der Waals surface area contributed by atoms with Crippen molar-refractivity contribution in [2.24, 2.45) is 11.5 Å². The Kier molecular flexibility index (Phi) is 14.6. The van der Waals surface area contributed by atoms with Crippen LogP contribution in [0.1, 0.15) is 173 Å². The van der Waals surface area contributed by atoms with Gasteiger partial charge in [-0.25, -0.2) is 29.5 Å². The number of amides is 4. The van der Waals surface area contributed by atoms with Gasteiger partial charge < -0.3 is 41.5 Å². The van der Waals surface area contributed by atoms with E-state index in [1.54, 1.807) is 0 Å². The van der Waals surface area contributed by atoms with E-state index < -0.39 is 57.4 Å². The third-order valence-corrected chi connectivity index (χ3v) is 15.1. The first kappa shape index (κ1) is 56.2.